The molecule has 0 aliphatic rings. The van der Waals surface area contributed by atoms with Crippen molar-refractivity contribution in [3.05, 3.63) is 35.7 Å². The topological polar surface area (TPSA) is 78.6 Å². The lowest BCUT2D eigenvalue weighted by atomic mass is 10.1. The first-order valence-corrected chi connectivity index (χ1v) is 8.01. The van der Waals surface area contributed by atoms with Crippen molar-refractivity contribution in [1.82, 2.24) is 9.88 Å². The molecule has 0 atom stereocenters. The minimum atomic E-state index is -0.945. The SMILES string of the molecule is CCN(CC(C)(C)O)C(=O)Nc1cc(-c2nc(C)co2)ccc1C. The molecule has 2 aromatic rings. The number of hydrogen-bond acceptors (Lipinski definition) is 4. The van der Waals surface area contributed by atoms with Crippen LogP contribution in [0.15, 0.2) is 28.9 Å². The molecule has 0 fully saturated rings. The van der Waals surface area contributed by atoms with Crippen LogP contribution in [0.1, 0.15) is 32.0 Å². The van der Waals surface area contributed by atoms with Crippen LogP contribution in [0.3, 0.4) is 0 Å². The maximum Gasteiger partial charge on any atom is 0.321 e. The Morgan fingerprint density at radius 3 is 2.62 bits per heavy atom. The molecule has 0 saturated carbocycles. The molecule has 1 aromatic heterocycles. The van der Waals surface area contributed by atoms with Gasteiger partial charge in [-0.15, -0.1) is 0 Å². The lowest BCUT2D eigenvalue weighted by molar-refractivity contribution is 0.0501. The van der Waals surface area contributed by atoms with Gasteiger partial charge in [-0.2, -0.15) is 0 Å². The third-order valence-corrected chi connectivity index (χ3v) is 3.59. The van der Waals surface area contributed by atoms with Gasteiger partial charge in [0.15, 0.2) is 0 Å². The van der Waals surface area contributed by atoms with Crippen LogP contribution in [0.25, 0.3) is 11.5 Å². The van der Waals surface area contributed by atoms with Gasteiger partial charge in [0.1, 0.15) is 6.26 Å². The van der Waals surface area contributed by atoms with E-state index in [-0.39, 0.29) is 12.6 Å². The number of aryl methyl sites for hydroxylation is 2. The number of carbonyl (C=O) groups excluding carboxylic acids is 1. The number of nitrogens with one attached hydrogen (secondary N) is 1. The third-order valence-electron chi connectivity index (χ3n) is 3.59. The fourth-order valence-corrected chi connectivity index (χ4v) is 2.36. The van der Waals surface area contributed by atoms with Gasteiger partial charge in [0.25, 0.3) is 0 Å². The summed E-state index contributed by atoms with van der Waals surface area (Å²) in [5, 5.41) is 12.8. The number of anilines is 1. The molecule has 0 aliphatic carbocycles. The second kappa shape index (κ2) is 7.05. The summed E-state index contributed by atoms with van der Waals surface area (Å²) in [6.07, 6.45) is 1.59. The van der Waals surface area contributed by atoms with Gasteiger partial charge in [0.2, 0.25) is 5.89 Å². The summed E-state index contributed by atoms with van der Waals surface area (Å²) >= 11 is 0. The van der Waals surface area contributed by atoms with Crippen molar-refractivity contribution < 1.29 is 14.3 Å². The number of benzene rings is 1. The van der Waals surface area contributed by atoms with Gasteiger partial charge in [-0.25, -0.2) is 9.78 Å². The number of carbonyl (C=O) groups is 1. The Balaban J connectivity index is 2.20. The van der Waals surface area contributed by atoms with E-state index >= 15 is 0 Å². The Morgan fingerprint density at radius 1 is 1.38 bits per heavy atom. The minimum Gasteiger partial charge on any atom is -0.444 e. The molecule has 2 rings (SSSR count). The Labute approximate surface area is 142 Å². The quantitative estimate of drug-likeness (QED) is 0.877. The van der Waals surface area contributed by atoms with E-state index < -0.39 is 5.60 Å². The highest BCUT2D eigenvalue weighted by Crippen LogP contribution is 2.25. The van der Waals surface area contributed by atoms with Crippen LogP contribution in [0.2, 0.25) is 0 Å². The van der Waals surface area contributed by atoms with E-state index in [1.54, 1.807) is 25.0 Å². The molecule has 0 saturated heterocycles. The van der Waals surface area contributed by atoms with Gasteiger partial charge < -0.3 is 19.7 Å². The van der Waals surface area contributed by atoms with Gasteiger partial charge >= 0.3 is 6.03 Å². The molecule has 0 spiro atoms. The standard InChI is InChI=1S/C18H25N3O3/c1-6-21(11-18(4,5)23)17(22)20-15-9-14(8-7-12(15)2)16-19-13(3)10-24-16/h7-10,23H,6,11H2,1-5H3,(H,20,22). The van der Waals surface area contributed by atoms with Gasteiger partial charge in [-0.05, 0) is 52.3 Å². The number of aromatic nitrogens is 1. The van der Waals surface area contributed by atoms with Gasteiger partial charge in [-0.3, -0.25) is 0 Å². The molecule has 2 N–H and O–H groups in total. The van der Waals surface area contributed by atoms with E-state index in [0.717, 1.165) is 16.8 Å². The lowest BCUT2D eigenvalue weighted by Crippen LogP contribution is -2.44. The van der Waals surface area contributed by atoms with Crippen LogP contribution in [-0.2, 0) is 0 Å². The number of oxazole rings is 1. The number of hydrogen-bond donors (Lipinski definition) is 2. The van der Waals surface area contributed by atoms with Crippen LogP contribution in [-0.4, -0.2) is 39.7 Å². The van der Waals surface area contributed by atoms with Crippen LogP contribution < -0.4 is 5.32 Å². The summed E-state index contributed by atoms with van der Waals surface area (Å²) in [6.45, 7) is 9.79. The highest BCUT2D eigenvalue weighted by atomic mass is 16.3. The van der Waals surface area contributed by atoms with E-state index in [0.29, 0.717) is 18.1 Å². The molecule has 0 unspecified atom stereocenters. The predicted octanol–water partition coefficient (Wildman–Crippen LogP) is 3.58. The first-order valence-electron chi connectivity index (χ1n) is 8.01. The second-order valence-electron chi connectivity index (χ2n) is 6.58. The first kappa shape index (κ1) is 18.0. The summed E-state index contributed by atoms with van der Waals surface area (Å²) in [6, 6.07) is 5.42. The minimum absolute atomic E-state index is 0.247. The summed E-state index contributed by atoms with van der Waals surface area (Å²) in [4.78, 5) is 18.4. The van der Waals surface area contributed by atoms with Crippen molar-refractivity contribution >= 4 is 11.7 Å². The molecule has 2 amide bonds. The molecule has 6 heteroatoms. The van der Waals surface area contributed by atoms with E-state index in [1.807, 2.05) is 39.0 Å². The molecular weight excluding hydrogens is 306 g/mol. The van der Waals surface area contributed by atoms with Crippen molar-refractivity contribution in [2.24, 2.45) is 0 Å². The van der Waals surface area contributed by atoms with Crippen molar-refractivity contribution in [3.8, 4) is 11.5 Å². The van der Waals surface area contributed by atoms with Crippen LogP contribution in [0.5, 0.6) is 0 Å². The second-order valence-corrected chi connectivity index (χ2v) is 6.58. The largest absolute Gasteiger partial charge is 0.444 e. The van der Waals surface area contributed by atoms with Crippen molar-refractivity contribution in [2.75, 3.05) is 18.4 Å². The predicted molar refractivity (Wildman–Crippen MR) is 94.0 cm³/mol. The summed E-state index contributed by atoms with van der Waals surface area (Å²) in [5.41, 5.74) is 2.30. The number of likely N-dealkylation sites (N-methyl/N-ethyl adjacent to an activating group) is 1. The van der Waals surface area contributed by atoms with Crippen molar-refractivity contribution in [2.45, 2.75) is 40.2 Å². The van der Waals surface area contributed by atoms with Crippen LogP contribution in [0.4, 0.5) is 10.5 Å². The highest BCUT2D eigenvalue weighted by molar-refractivity contribution is 5.91. The van der Waals surface area contributed by atoms with E-state index in [4.69, 9.17) is 4.42 Å². The molecule has 130 valence electrons. The third kappa shape index (κ3) is 4.58. The molecule has 6 nitrogen and oxygen atoms in total. The Hall–Kier alpha value is -2.34. The fourth-order valence-electron chi connectivity index (χ4n) is 2.36. The molecular formula is C18H25N3O3. The average Bonchev–Trinajstić information content (AvgIpc) is 2.92. The zero-order chi connectivity index (χ0) is 17.9. The molecule has 1 heterocycles. The van der Waals surface area contributed by atoms with Gasteiger partial charge in [0, 0.05) is 17.8 Å². The smallest absolute Gasteiger partial charge is 0.321 e. The van der Waals surface area contributed by atoms with Crippen LogP contribution in [0, 0.1) is 13.8 Å². The van der Waals surface area contributed by atoms with Gasteiger partial charge in [-0.1, -0.05) is 6.07 Å². The average molecular weight is 331 g/mol. The summed E-state index contributed by atoms with van der Waals surface area (Å²) in [7, 11) is 0. The molecule has 0 bridgehead atoms. The Kier molecular flexibility index (Phi) is 5.29. The molecule has 0 aliphatic heterocycles. The Morgan fingerprint density at radius 2 is 2.08 bits per heavy atom. The molecule has 24 heavy (non-hydrogen) atoms. The monoisotopic (exact) mass is 331 g/mol. The van der Waals surface area contributed by atoms with E-state index in [2.05, 4.69) is 10.3 Å². The number of urea groups is 1. The zero-order valence-electron chi connectivity index (χ0n) is 14.9. The van der Waals surface area contributed by atoms with Gasteiger partial charge in [0.05, 0.1) is 17.8 Å². The first-order chi connectivity index (χ1) is 11.2. The van der Waals surface area contributed by atoms with Crippen molar-refractivity contribution in [3.63, 3.8) is 0 Å². The maximum absolute atomic E-state index is 12.5. The number of nitrogens with zero attached hydrogens (tertiary/aromatic N) is 2. The number of amides is 2. The lowest BCUT2D eigenvalue weighted by Gasteiger charge is -2.28. The van der Waals surface area contributed by atoms with E-state index in [1.165, 1.54) is 0 Å². The van der Waals surface area contributed by atoms with E-state index in [9.17, 15) is 9.90 Å². The normalized spacial score (nSPS) is 11.4. The maximum atomic E-state index is 12.5. The Bertz CT molecular complexity index is 717. The molecule has 0 radical (unpaired) electrons. The fraction of sp³-hybridized carbons (Fsp3) is 0.444. The number of aliphatic hydroxyl groups is 1. The zero-order valence-corrected chi connectivity index (χ0v) is 14.9. The molecule has 1 aromatic carbocycles. The number of rotatable bonds is 5. The highest BCUT2D eigenvalue weighted by Gasteiger charge is 2.21. The summed E-state index contributed by atoms with van der Waals surface area (Å²) < 4.78 is 5.42. The van der Waals surface area contributed by atoms with Crippen molar-refractivity contribution in [1.29, 1.82) is 0 Å². The van der Waals surface area contributed by atoms with Crippen LogP contribution >= 0.6 is 0 Å². The summed E-state index contributed by atoms with van der Waals surface area (Å²) in [5.74, 6) is 0.520.